The molecule has 0 radical (unpaired) electrons. The zero-order chi connectivity index (χ0) is 19.5. The van der Waals surface area contributed by atoms with Crippen LogP contribution >= 0.6 is 0 Å². The van der Waals surface area contributed by atoms with Crippen molar-refractivity contribution in [3.63, 3.8) is 0 Å². The lowest BCUT2D eigenvalue weighted by Gasteiger charge is -2.38. The topological polar surface area (TPSA) is 41.6 Å². The van der Waals surface area contributed by atoms with Crippen molar-refractivity contribution in [3.8, 4) is 5.75 Å². The van der Waals surface area contributed by atoms with Gasteiger partial charge in [0.2, 0.25) is 0 Å². The van der Waals surface area contributed by atoms with Crippen molar-refractivity contribution in [2.45, 2.75) is 19.5 Å². The molecule has 0 spiro atoms. The van der Waals surface area contributed by atoms with Crippen molar-refractivity contribution in [1.29, 1.82) is 0 Å². The van der Waals surface area contributed by atoms with Crippen molar-refractivity contribution in [3.05, 3.63) is 84.4 Å². The second-order valence-electron chi connectivity index (χ2n) is 6.89. The SMILES string of the molecule is C=CCN1C(=O)c2ccccc2NC1c1c(OCCC)ccc2ccccc12. The van der Waals surface area contributed by atoms with E-state index in [2.05, 4.69) is 37.0 Å². The predicted molar refractivity (Wildman–Crippen MR) is 114 cm³/mol. The number of nitrogens with zero attached hydrogens (tertiary/aromatic N) is 1. The maximum atomic E-state index is 13.2. The first-order chi connectivity index (χ1) is 13.7. The number of benzene rings is 3. The second kappa shape index (κ2) is 7.77. The zero-order valence-corrected chi connectivity index (χ0v) is 16.0. The molecule has 1 atom stereocenters. The lowest BCUT2D eigenvalue weighted by atomic mass is 9.97. The number of ether oxygens (including phenoxy) is 1. The Morgan fingerprint density at radius 2 is 1.89 bits per heavy atom. The molecule has 0 aliphatic carbocycles. The summed E-state index contributed by atoms with van der Waals surface area (Å²) in [5.41, 5.74) is 2.50. The van der Waals surface area contributed by atoms with Crippen molar-refractivity contribution in [2.24, 2.45) is 0 Å². The molecule has 1 N–H and O–H groups in total. The second-order valence-corrected chi connectivity index (χ2v) is 6.89. The van der Waals surface area contributed by atoms with E-state index in [1.165, 1.54) is 0 Å². The average molecular weight is 372 g/mol. The van der Waals surface area contributed by atoms with E-state index >= 15 is 0 Å². The summed E-state index contributed by atoms with van der Waals surface area (Å²) in [4.78, 5) is 15.1. The maximum absolute atomic E-state index is 13.2. The van der Waals surface area contributed by atoms with Crippen molar-refractivity contribution < 1.29 is 9.53 Å². The van der Waals surface area contributed by atoms with Gasteiger partial charge in [0.05, 0.1) is 12.2 Å². The Hall–Kier alpha value is -3.27. The highest BCUT2D eigenvalue weighted by Crippen LogP contribution is 2.40. The number of nitrogens with one attached hydrogen (secondary N) is 1. The third-order valence-electron chi connectivity index (χ3n) is 5.01. The molecule has 1 unspecified atom stereocenters. The Balaban J connectivity index is 1.91. The van der Waals surface area contributed by atoms with Gasteiger partial charge in [-0.15, -0.1) is 6.58 Å². The molecule has 4 nitrogen and oxygen atoms in total. The van der Waals surface area contributed by atoms with E-state index in [1.807, 2.05) is 47.4 Å². The van der Waals surface area contributed by atoms with Crippen LogP contribution in [0.15, 0.2) is 73.3 Å². The number of para-hydroxylation sites is 1. The number of amides is 1. The molecule has 0 aromatic heterocycles. The fourth-order valence-corrected chi connectivity index (χ4v) is 3.74. The van der Waals surface area contributed by atoms with E-state index < -0.39 is 0 Å². The number of hydrogen-bond donors (Lipinski definition) is 1. The van der Waals surface area contributed by atoms with Crippen LogP contribution in [0.3, 0.4) is 0 Å². The monoisotopic (exact) mass is 372 g/mol. The van der Waals surface area contributed by atoms with Crippen LogP contribution < -0.4 is 10.1 Å². The lowest BCUT2D eigenvalue weighted by Crippen LogP contribution is -2.43. The van der Waals surface area contributed by atoms with Crippen LogP contribution in [0.1, 0.15) is 35.4 Å². The van der Waals surface area contributed by atoms with Gasteiger partial charge in [0.1, 0.15) is 11.9 Å². The van der Waals surface area contributed by atoms with Crippen molar-refractivity contribution >= 4 is 22.4 Å². The normalized spacial score (nSPS) is 15.8. The number of carbonyl (C=O) groups is 1. The molecule has 0 fully saturated rings. The van der Waals surface area contributed by atoms with Gasteiger partial charge < -0.3 is 15.0 Å². The van der Waals surface area contributed by atoms with Gasteiger partial charge in [-0.1, -0.05) is 55.5 Å². The molecule has 1 amide bonds. The van der Waals surface area contributed by atoms with Gasteiger partial charge in [0, 0.05) is 17.8 Å². The van der Waals surface area contributed by atoms with Crippen molar-refractivity contribution in [1.82, 2.24) is 4.90 Å². The van der Waals surface area contributed by atoms with E-state index in [1.54, 1.807) is 6.08 Å². The summed E-state index contributed by atoms with van der Waals surface area (Å²) in [7, 11) is 0. The minimum Gasteiger partial charge on any atom is -0.493 e. The number of anilines is 1. The van der Waals surface area contributed by atoms with Gasteiger partial charge in [0.25, 0.3) is 5.91 Å². The predicted octanol–water partition coefficient (Wildman–Crippen LogP) is 5.38. The van der Waals surface area contributed by atoms with E-state index in [0.29, 0.717) is 18.7 Å². The first-order valence-electron chi connectivity index (χ1n) is 9.66. The molecule has 0 saturated heterocycles. The van der Waals surface area contributed by atoms with Crippen LogP contribution in [0.5, 0.6) is 5.75 Å². The van der Waals surface area contributed by atoms with Crippen LogP contribution in [0.25, 0.3) is 10.8 Å². The Morgan fingerprint density at radius 3 is 2.71 bits per heavy atom. The van der Waals surface area contributed by atoms with Gasteiger partial charge in [-0.3, -0.25) is 4.79 Å². The third-order valence-corrected chi connectivity index (χ3v) is 5.01. The fraction of sp³-hybridized carbons (Fsp3) is 0.208. The van der Waals surface area contributed by atoms with Gasteiger partial charge in [0.15, 0.2) is 0 Å². The van der Waals surface area contributed by atoms with Crippen LogP contribution in [0.2, 0.25) is 0 Å². The number of carbonyl (C=O) groups excluding carboxylic acids is 1. The molecule has 4 rings (SSSR count). The summed E-state index contributed by atoms with van der Waals surface area (Å²) in [6.45, 7) is 7.02. The fourth-order valence-electron chi connectivity index (χ4n) is 3.74. The molecule has 3 aromatic rings. The third kappa shape index (κ3) is 3.11. The van der Waals surface area contributed by atoms with Crippen LogP contribution in [0.4, 0.5) is 5.69 Å². The Kier molecular flexibility index (Phi) is 5.02. The number of rotatable bonds is 6. The molecule has 1 aliphatic heterocycles. The Bertz CT molecular complexity index is 1030. The highest BCUT2D eigenvalue weighted by Gasteiger charge is 2.34. The molecular formula is C24H24N2O2. The molecule has 3 aromatic carbocycles. The quantitative estimate of drug-likeness (QED) is 0.591. The minimum absolute atomic E-state index is 0.00590. The summed E-state index contributed by atoms with van der Waals surface area (Å²) >= 11 is 0. The summed E-state index contributed by atoms with van der Waals surface area (Å²) in [5.74, 6) is 0.799. The number of hydrogen-bond acceptors (Lipinski definition) is 3. The molecule has 0 bridgehead atoms. The largest absolute Gasteiger partial charge is 0.493 e. The minimum atomic E-state index is -0.335. The van der Waals surface area contributed by atoms with E-state index in [4.69, 9.17) is 4.74 Å². The van der Waals surface area contributed by atoms with Gasteiger partial charge >= 0.3 is 0 Å². The highest BCUT2D eigenvalue weighted by atomic mass is 16.5. The lowest BCUT2D eigenvalue weighted by molar-refractivity contribution is 0.0706. The first kappa shape index (κ1) is 18.1. The summed E-state index contributed by atoms with van der Waals surface area (Å²) < 4.78 is 6.09. The van der Waals surface area contributed by atoms with E-state index in [9.17, 15) is 4.79 Å². The average Bonchev–Trinajstić information content (AvgIpc) is 2.74. The Morgan fingerprint density at radius 1 is 1.11 bits per heavy atom. The zero-order valence-electron chi connectivity index (χ0n) is 16.0. The first-order valence-corrected chi connectivity index (χ1v) is 9.66. The standard InChI is InChI=1S/C24H24N2O2/c1-3-15-26-23(25-20-12-8-7-11-19(20)24(26)27)22-18-10-6-5-9-17(18)13-14-21(22)28-16-4-2/h3,5-14,23,25H,1,4,15-16H2,2H3. The van der Waals surface area contributed by atoms with Crippen LogP contribution in [-0.4, -0.2) is 24.0 Å². The molecule has 142 valence electrons. The summed E-state index contributed by atoms with van der Waals surface area (Å²) in [6, 6.07) is 19.9. The molecule has 28 heavy (non-hydrogen) atoms. The molecule has 1 heterocycles. The smallest absolute Gasteiger partial charge is 0.258 e. The van der Waals surface area contributed by atoms with Gasteiger partial charge in [-0.05, 0) is 35.4 Å². The Labute approximate surface area is 165 Å². The molecule has 0 saturated carbocycles. The van der Waals surface area contributed by atoms with Crippen LogP contribution in [-0.2, 0) is 0 Å². The molecule has 4 heteroatoms. The highest BCUT2D eigenvalue weighted by molar-refractivity contribution is 6.02. The summed E-state index contributed by atoms with van der Waals surface area (Å²) in [5, 5.41) is 5.76. The van der Waals surface area contributed by atoms with Gasteiger partial charge in [-0.2, -0.15) is 0 Å². The van der Waals surface area contributed by atoms with Crippen molar-refractivity contribution in [2.75, 3.05) is 18.5 Å². The summed E-state index contributed by atoms with van der Waals surface area (Å²) in [6.07, 6.45) is 2.35. The van der Waals surface area contributed by atoms with E-state index in [0.717, 1.165) is 34.2 Å². The maximum Gasteiger partial charge on any atom is 0.258 e. The molecule has 1 aliphatic rings. The van der Waals surface area contributed by atoms with E-state index in [-0.39, 0.29) is 12.1 Å². The van der Waals surface area contributed by atoms with Gasteiger partial charge in [-0.25, -0.2) is 0 Å². The van der Waals surface area contributed by atoms with Crippen LogP contribution in [0, 0.1) is 0 Å². The number of fused-ring (bicyclic) bond motifs is 2. The molecular weight excluding hydrogens is 348 g/mol.